The highest BCUT2D eigenvalue weighted by Crippen LogP contribution is 2.35. The van der Waals surface area contributed by atoms with E-state index in [9.17, 15) is 9.59 Å². The Morgan fingerprint density at radius 1 is 1.15 bits per heavy atom. The highest BCUT2D eigenvalue weighted by molar-refractivity contribution is 5.99. The SMILES string of the molecule is CC(C)(C)c1ccc(CNC(=O)Nc2cccc3c2OCC(=O)N3)cc1. The van der Waals surface area contributed by atoms with Gasteiger partial charge in [-0.1, -0.05) is 51.1 Å². The molecular formula is C20H23N3O3. The van der Waals surface area contributed by atoms with Crippen LogP contribution in [0.4, 0.5) is 16.2 Å². The summed E-state index contributed by atoms with van der Waals surface area (Å²) in [4.78, 5) is 23.6. The molecule has 0 fully saturated rings. The molecule has 3 amide bonds. The van der Waals surface area contributed by atoms with Crippen LogP contribution in [-0.4, -0.2) is 18.5 Å². The zero-order chi connectivity index (χ0) is 18.7. The van der Waals surface area contributed by atoms with E-state index in [0.717, 1.165) is 5.56 Å². The zero-order valence-electron chi connectivity index (χ0n) is 15.2. The van der Waals surface area contributed by atoms with Gasteiger partial charge in [-0.2, -0.15) is 0 Å². The molecule has 0 saturated heterocycles. The summed E-state index contributed by atoms with van der Waals surface area (Å²) in [6, 6.07) is 13.1. The summed E-state index contributed by atoms with van der Waals surface area (Å²) in [6.45, 7) is 6.85. The molecule has 6 nitrogen and oxygen atoms in total. The molecule has 0 spiro atoms. The van der Waals surface area contributed by atoms with Gasteiger partial charge in [0, 0.05) is 6.54 Å². The van der Waals surface area contributed by atoms with Crippen molar-refractivity contribution in [3.63, 3.8) is 0 Å². The Morgan fingerprint density at radius 2 is 1.88 bits per heavy atom. The number of hydrogen-bond acceptors (Lipinski definition) is 3. The molecule has 1 aliphatic heterocycles. The van der Waals surface area contributed by atoms with E-state index < -0.39 is 0 Å². The van der Waals surface area contributed by atoms with E-state index in [0.29, 0.717) is 23.7 Å². The number of carbonyl (C=O) groups is 2. The Morgan fingerprint density at radius 3 is 2.58 bits per heavy atom. The van der Waals surface area contributed by atoms with Crippen molar-refractivity contribution in [1.29, 1.82) is 0 Å². The smallest absolute Gasteiger partial charge is 0.319 e. The number of ether oxygens (including phenoxy) is 1. The lowest BCUT2D eigenvalue weighted by Crippen LogP contribution is -2.30. The fourth-order valence-corrected chi connectivity index (χ4v) is 2.68. The van der Waals surface area contributed by atoms with Crippen LogP contribution < -0.4 is 20.7 Å². The van der Waals surface area contributed by atoms with Crippen molar-refractivity contribution in [2.45, 2.75) is 32.7 Å². The van der Waals surface area contributed by atoms with Crippen LogP contribution in [0.3, 0.4) is 0 Å². The third kappa shape index (κ3) is 4.14. The molecule has 0 aromatic heterocycles. The molecule has 1 heterocycles. The van der Waals surface area contributed by atoms with Crippen molar-refractivity contribution in [1.82, 2.24) is 5.32 Å². The molecule has 3 N–H and O–H groups in total. The summed E-state index contributed by atoms with van der Waals surface area (Å²) in [5.74, 6) is 0.259. The second-order valence-corrected chi connectivity index (χ2v) is 7.27. The maximum absolute atomic E-state index is 12.2. The maximum atomic E-state index is 12.2. The van der Waals surface area contributed by atoms with Crippen LogP contribution in [0.1, 0.15) is 31.9 Å². The Kier molecular flexibility index (Phi) is 4.84. The van der Waals surface area contributed by atoms with Gasteiger partial charge in [0.15, 0.2) is 12.4 Å². The summed E-state index contributed by atoms with van der Waals surface area (Å²) >= 11 is 0. The van der Waals surface area contributed by atoms with Gasteiger partial charge < -0.3 is 20.7 Å². The molecule has 0 bridgehead atoms. The van der Waals surface area contributed by atoms with Crippen molar-refractivity contribution in [3.8, 4) is 5.75 Å². The molecule has 2 aromatic carbocycles. The number of para-hydroxylation sites is 1. The number of hydrogen-bond donors (Lipinski definition) is 3. The Balaban J connectivity index is 1.60. The van der Waals surface area contributed by atoms with Gasteiger partial charge in [-0.05, 0) is 28.7 Å². The molecule has 6 heteroatoms. The van der Waals surface area contributed by atoms with E-state index >= 15 is 0 Å². The van der Waals surface area contributed by atoms with Gasteiger partial charge >= 0.3 is 6.03 Å². The maximum Gasteiger partial charge on any atom is 0.319 e. The molecule has 1 aliphatic rings. The number of rotatable bonds is 3. The lowest BCUT2D eigenvalue weighted by atomic mass is 9.87. The first-order valence-electron chi connectivity index (χ1n) is 8.53. The predicted molar refractivity (Wildman–Crippen MR) is 102 cm³/mol. The van der Waals surface area contributed by atoms with Crippen LogP contribution >= 0.6 is 0 Å². The monoisotopic (exact) mass is 353 g/mol. The topological polar surface area (TPSA) is 79.5 Å². The van der Waals surface area contributed by atoms with Gasteiger partial charge in [0.1, 0.15) is 0 Å². The number of fused-ring (bicyclic) bond motifs is 1. The molecule has 0 radical (unpaired) electrons. The summed E-state index contributed by atoms with van der Waals surface area (Å²) < 4.78 is 5.42. The van der Waals surface area contributed by atoms with Gasteiger partial charge in [-0.3, -0.25) is 4.79 Å². The minimum atomic E-state index is -0.334. The Bertz CT molecular complexity index is 823. The molecule has 2 aromatic rings. The molecule has 136 valence electrons. The van der Waals surface area contributed by atoms with Crippen LogP contribution in [0.2, 0.25) is 0 Å². The average molecular weight is 353 g/mol. The van der Waals surface area contributed by atoms with E-state index in [4.69, 9.17) is 4.74 Å². The second-order valence-electron chi connectivity index (χ2n) is 7.27. The van der Waals surface area contributed by atoms with E-state index in [2.05, 4.69) is 48.9 Å². The molecule has 0 unspecified atom stereocenters. The molecule has 26 heavy (non-hydrogen) atoms. The summed E-state index contributed by atoms with van der Waals surface area (Å²) in [5.41, 5.74) is 3.44. The first-order valence-corrected chi connectivity index (χ1v) is 8.53. The van der Waals surface area contributed by atoms with Gasteiger partial charge in [0.05, 0.1) is 11.4 Å². The highest BCUT2D eigenvalue weighted by Gasteiger charge is 2.20. The van der Waals surface area contributed by atoms with Crippen LogP contribution in [0.5, 0.6) is 5.75 Å². The van der Waals surface area contributed by atoms with Crippen LogP contribution in [-0.2, 0) is 16.8 Å². The lowest BCUT2D eigenvalue weighted by Gasteiger charge is -2.21. The zero-order valence-corrected chi connectivity index (χ0v) is 15.2. The minimum absolute atomic E-state index is 0.0621. The molecule has 0 saturated carbocycles. The van der Waals surface area contributed by atoms with Crippen molar-refractivity contribution < 1.29 is 14.3 Å². The standard InChI is InChI=1S/C20H23N3O3/c1-20(2,3)14-9-7-13(8-10-14)11-21-19(25)23-16-6-4-5-15-18(16)26-12-17(24)22-15/h4-10H,11-12H2,1-3H3,(H,22,24)(H2,21,23,25). The lowest BCUT2D eigenvalue weighted by molar-refractivity contribution is -0.118. The van der Waals surface area contributed by atoms with Crippen molar-refractivity contribution in [3.05, 3.63) is 53.6 Å². The van der Waals surface area contributed by atoms with E-state index in [1.165, 1.54) is 5.56 Å². The van der Waals surface area contributed by atoms with Crippen molar-refractivity contribution in [2.24, 2.45) is 0 Å². The number of amides is 3. The van der Waals surface area contributed by atoms with E-state index in [1.807, 2.05) is 12.1 Å². The van der Waals surface area contributed by atoms with Crippen LogP contribution in [0.25, 0.3) is 0 Å². The highest BCUT2D eigenvalue weighted by atomic mass is 16.5. The number of benzene rings is 2. The van der Waals surface area contributed by atoms with E-state index in [1.54, 1.807) is 18.2 Å². The van der Waals surface area contributed by atoms with Gasteiger partial charge in [0.25, 0.3) is 5.91 Å². The van der Waals surface area contributed by atoms with Crippen molar-refractivity contribution >= 4 is 23.3 Å². The minimum Gasteiger partial charge on any atom is -0.479 e. The average Bonchev–Trinajstić information content (AvgIpc) is 2.59. The summed E-state index contributed by atoms with van der Waals surface area (Å²) in [5, 5.41) is 8.31. The number of anilines is 2. The van der Waals surface area contributed by atoms with E-state index in [-0.39, 0.29) is 24.0 Å². The molecule has 0 aliphatic carbocycles. The largest absolute Gasteiger partial charge is 0.479 e. The number of urea groups is 1. The Labute approximate surface area is 152 Å². The molecule has 0 atom stereocenters. The van der Waals surface area contributed by atoms with Gasteiger partial charge in [-0.25, -0.2) is 4.79 Å². The van der Waals surface area contributed by atoms with Gasteiger partial charge in [0.2, 0.25) is 0 Å². The molecule has 3 rings (SSSR count). The van der Waals surface area contributed by atoms with Crippen molar-refractivity contribution in [2.75, 3.05) is 17.2 Å². The number of carbonyl (C=O) groups excluding carboxylic acids is 2. The second kappa shape index (κ2) is 7.07. The fraction of sp³-hybridized carbons (Fsp3) is 0.300. The van der Waals surface area contributed by atoms with Gasteiger partial charge in [-0.15, -0.1) is 0 Å². The fourth-order valence-electron chi connectivity index (χ4n) is 2.68. The quantitative estimate of drug-likeness (QED) is 0.788. The first kappa shape index (κ1) is 17.8. The summed E-state index contributed by atoms with van der Waals surface area (Å²) in [7, 11) is 0. The van der Waals surface area contributed by atoms with Crippen LogP contribution in [0.15, 0.2) is 42.5 Å². The predicted octanol–water partition coefficient (Wildman–Crippen LogP) is 3.64. The normalized spacial score (nSPS) is 13.3. The van der Waals surface area contributed by atoms with Crippen LogP contribution in [0, 0.1) is 0 Å². The summed E-state index contributed by atoms with van der Waals surface area (Å²) in [6.07, 6.45) is 0. The third-order valence-corrected chi connectivity index (χ3v) is 4.16. The molecular weight excluding hydrogens is 330 g/mol. The Hall–Kier alpha value is -3.02. The number of nitrogens with one attached hydrogen (secondary N) is 3. The third-order valence-electron chi connectivity index (χ3n) is 4.16. The first-order chi connectivity index (χ1) is 12.3.